The van der Waals surface area contributed by atoms with Gasteiger partial charge in [-0.2, -0.15) is 0 Å². The number of hydrogen-bond acceptors (Lipinski definition) is 4. The molecule has 156 valence electrons. The van der Waals surface area contributed by atoms with Crippen LogP contribution < -0.4 is 10.1 Å². The van der Waals surface area contributed by atoms with Crippen molar-refractivity contribution in [2.24, 2.45) is 11.8 Å². The number of nitrogens with one attached hydrogen (secondary N) is 1. The second kappa shape index (κ2) is 10.7. The molecule has 2 aliphatic rings. The van der Waals surface area contributed by atoms with Crippen molar-refractivity contribution >= 4 is 24.2 Å². The first-order valence-electron chi connectivity index (χ1n) is 10.0. The molecular weight excluding hydrogens is 378 g/mol. The monoisotopic (exact) mass is 409 g/mol. The van der Waals surface area contributed by atoms with Crippen LogP contribution in [0.2, 0.25) is 0 Å². The zero-order valence-corrected chi connectivity index (χ0v) is 17.7. The third-order valence-corrected chi connectivity index (χ3v) is 5.94. The highest BCUT2D eigenvalue weighted by Gasteiger charge is 2.28. The van der Waals surface area contributed by atoms with Crippen molar-refractivity contribution in [3.63, 3.8) is 0 Å². The fraction of sp³-hybridized carbons (Fsp3) is 0.619. The molecule has 7 heteroatoms. The van der Waals surface area contributed by atoms with Crippen LogP contribution in [0.3, 0.4) is 0 Å². The quantitative estimate of drug-likeness (QED) is 0.811. The summed E-state index contributed by atoms with van der Waals surface area (Å²) in [6.45, 7) is 6.78. The van der Waals surface area contributed by atoms with E-state index in [1.165, 1.54) is 12.8 Å². The molecule has 1 aromatic carbocycles. The molecule has 2 aliphatic heterocycles. The molecule has 0 aromatic heterocycles. The van der Waals surface area contributed by atoms with Gasteiger partial charge in [0.05, 0.1) is 7.11 Å². The average Bonchev–Trinajstić information content (AvgIpc) is 2.74. The molecule has 0 aliphatic carbocycles. The highest BCUT2D eigenvalue weighted by atomic mass is 35.5. The maximum Gasteiger partial charge on any atom is 0.253 e. The van der Waals surface area contributed by atoms with Gasteiger partial charge in [0.25, 0.3) is 5.91 Å². The standard InChI is InChI=1S/C21H31N3O3.ClH/c1-16(17-7-9-22-10-8-17)15-20(25)23-11-13-24(14-12-23)21(26)18-3-5-19(27-2)6-4-18;/h3-6,16-17,22H,7-15H2,1-2H3;1H. The van der Waals surface area contributed by atoms with Crippen LogP contribution in [0.15, 0.2) is 24.3 Å². The lowest BCUT2D eigenvalue weighted by Gasteiger charge is -2.36. The number of piperidine rings is 1. The summed E-state index contributed by atoms with van der Waals surface area (Å²) in [4.78, 5) is 29.1. The molecule has 2 saturated heterocycles. The van der Waals surface area contributed by atoms with Crippen LogP contribution in [0.25, 0.3) is 0 Å². The summed E-state index contributed by atoms with van der Waals surface area (Å²) in [5.74, 6) is 2.07. The van der Waals surface area contributed by atoms with Crippen molar-refractivity contribution in [3.05, 3.63) is 29.8 Å². The third-order valence-electron chi connectivity index (χ3n) is 5.94. The van der Waals surface area contributed by atoms with Crippen LogP contribution in [-0.2, 0) is 4.79 Å². The van der Waals surface area contributed by atoms with Crippen molar-refractivity contribution in [2.75, 3.05) is 46.4 Å². The first-order valence-corrected chi connectivity index (χ1v) is 10.0. The predicted octanol–water partition coefficient (Wildman–Crippen LogP) is 2.43. The summed E-state index contributed by atoms with van der Waals surface area (Å²) in [5.41, 5.74) is 0.662. The Hall–Kier alpha value is -1.79. The second-order valence-corrected chi connectivity index (χ2v) is 7.67. The molecule has 2 amide bonds. The molecule has 0 saturated carbocycles. The summed E-state index contributed by atoms with van der Waals surface area (Å²) < 4.78 is 5.14. The number of halogens is 1. The normalized spacial score (nSPS) is 18.9. The van der Waals surface area contributed by atoms with E-state index in [4.69, 9.17) is 4.74 Å². The molecule has 6 nitrogen and oxygen atoms in total. The number of nitrogens with zero attached hydrogens (tertiary/aromatic N) is 2. The van der Waals surface area contributed by atoms with Crippen LogP contribution in [0.4, 0.5) is 0 Å². The van der Waals surface area contributed by atoms with Gasteiger partial charge in [-0.05, 0) is 62.0 Å². The first kappa shape index (κ1) is 22.5. The van der Waals surface area contributed by atoms with E-state index in [-0.39, 0.29) is 24.2 Å². The van der Waals surface area contributed by atoms with Crippen LogP contribution in [0, 0.1) is 11.8 Å². The number of methoxy groups -OCH3 is 1. The van der Waals surface area contributed by atoms with Crippen molar-refractivity contribution in [3.8, 4) is 5.75 Å². The highest BCUT2D eigenvalue weighted by Crippen LogP contribution is 2.25. The van der Waals surface area contributed by atoms with Gasteiger partial charge in [0.15, 0.2) is 0 Å². The Morgan fingerprint density at radius 3 is 2.21 bits per heavy atom. The number of carbonyl (C=O) groups excluding carboxylic acids is 2. The van der Waals surface area contributed by atoms with Gasteiger partial charge in [-0.15, -0.1) is 12.4 Å². The van der Waals surface area contributed by atoms with Gasteiger partial charge >= 0.3 is 0 Å². The Bertz CT molecular complexity index is 639. The Balaban J connectivity index is 0.00000280. The van der Waals surface area contributed by atoms with Crippen molar-refractivity contribution in [1.82, 2.24) is 15.1 Å². The average molecular weight is 410 g/mol. The summed E-state index contributed by atoms with van der Waals surface area (Å²) >= 11 is 0. The molecule has 3 rings (SSSR count). The highest BCUT2D eigenvalue weighted by molar-refractivity contribution is 5.94. The number of carbonyl (C=O) groups is 2. The van der Waals surface area contributed by atoms with E-state index in [2.05, 4.69) is 12.2 Å². The van der Waals surface area contributed by atoms with Gasteiger partial charge in [-0.3, -0.25) is 9.59 Å². The molecule has 1 N–H and O–H groups in total. The number of ether oxygens (including phenoxy) is 1. The lowest BCUT2D eigenvalue weighted by Crippen LogP contribution is -2.51. The van der Waals surface area contributed by atoms with Gasteiger partial charge in [0, 0.05) is 38.2 Å². The maximum atomic E-state index is 12.7. The van der Waals surface area contributed by atoms with Crippen LogP contribution >= 0.6 is 12.4 Å². The van der Waals surface area contributed by atoms with E-state index in [0.29, 0.717) is 50.0 Å². The van der Waals surface area contributed by atoms with Crippen LogP contribution in [0.5, 0.6) is 5.75 Å². The summed E-state index contributed by atoms with van der Waals surface area (Å²) in [6, 6.07) is 7.18. The molecule has 0 bridgehead atoms. The van der Waals surface area contributed by atoms with E-state index in [1.54, 1.807) is 31.4 Å². The van der Waals surface area contributed by atoms with Crippen LogP contribution in [-0.4, -0.2) is 68.0 Å². The number of hydrogen-bond donors (Lipinski definition) is 1. The number of piperazine rings is 1. The molecular formula is C21H32ClN3O3. The molecule has 1 unspecified atom stereocenters. The molecule has 2 heterocycles. The van der Waals surface area contributed by atoms with Gasteiger partial charge in [0.2, 0.25) is 5.91 Å². The zero-order valence-electron chi connectivity index (χ0n) is 16.9. The topological polar surface area (TPSA) is 61.9 Å². The number of amides is 2. The maximum absolute atomic E-state index is 12.7. The van der Waals surface area contributed by atoms with E-state index >= 15 is 0 Å². The third kappa shape index (κ3) is 5.61. The number of rotatable bonds is 5. The Kier molecular flexibility index (Phi) is 8.58. The van der Waals surface area contributed by atoms with Gasteiger partial charge in [-0.1, -0.05) is 6.92 Å². The Morgan fingerprint density at radius 2 is 1.64 bits per heavy atom. The summed E-state index contributed by atoms with van der Waals surface area (Å²) in [6.07, 6.45) is 2.95. The Labute approximate surface area is 174 Å². The van der Waals surface area contributed by atoms with Gasteiger partial charge in [-0.25, -0.2) is 0 Å². The van der Waals surface area contributed by atoms with Crippen molar-refractivity contribution < 1.29 is 14.3 Å². The predicted molar refractivity (Wildman–Crippen MR) is 112 cm³/mol. The zero-order chi connectivity index (χ0) is 19.2. The lowest BCUT2D eigenvalue weighted by atomic mass is 9.84. The van der Waals surface area contributed by atoms with Crippen molar-refractivity contribution in [1.29, 1.82) is 0 Å². The van der Waals surface area contributed by atoms with Gasteiger partial charge in [0.1, 0.15) is 5.75 Å². The minimum absolute atomic E-state index is 0. The molecule has 2 fully saturated rings. The first-order chi connectivity index (χ1) is 13.1. The number of benzene rings is 1. The van der Waals surface area contributed by atoms with E-state index < -0.39 is 0 Å². The summed E-state index contributed by atoms with van der Waals surface area (Å²) in [7, 11) is 1.61. The molecule has 0 radical (unpaired) electrons. The minimum Gasteiger partial charge on any atom is -0.497 e. The largest absolute Gasteiger partial charge is 0.497 e. The molecule has 28 heavy (non-hydrogen) atoms. The lowest BCUT2D eigenvalue weighted by molar-refractivity contribution is -0.134. The Morgan fingerprint density at radius 1 is 1.07 bits per heavy atom. The van der Waals surface area contributed by atoms with Crippen LogP contribution in [0.1, 0.15) is 36.5 Å². The second-order valence-electron chi connectivity index (χ2n) is 7.67. The fourth-order valence-electron chi connectivity index (χ4n) is 4.06. The molecule has 1 atom stereocenters. The minimum atomic E-state index is 0. The molecule has 0 spiro atoms. The van der Waals surface area contributed by atoms with E-state index in [0.717, 1.165) is 18.8 Å². The van der Waals surface area contributed by atoms with E-state index in [1.807, 2.05) is 9.80 Å². The summed E-state index contributed by atoms with van der Waals surface area (Å²) in [5, 5.41) is 3.38. The van der Waals surface area contributed by atoms with Crippen molar-refractivity contribution in [2.45, 2.75) is 26.2 Å². The van der Waals surface area contributed by atoms with E-state index in [9.17, 15) is 9.59 Å². The van der Waals surface area contributed by atoms with Gasteiger partial charge < -0.3 is 19.9 Å². The molecule has 1 aromatic rings. The fourth-order valence-corrected chi connectivity index (χ4v) is 4.06. The smallest absolute Gasteiger partial charge is 0.253 e. The SMILES string of the molecule is COc1ccc(C(=O)N2CCN(C(=O)CC(C)C3CCNCC3)CC2)cc1.Cl.